The van der Waals surface area contributed by atoms with Crippen LogP contribution in [0.25, 0.3) is 0 Å². The number of carbonyl (C=O) groups excluding carboxylic acids is 2. The van der Waals surface area contributed by atoms with Gasteiger partial charge in [-0.1, -0.05) is 224 Å². The average molecular weight is 937 g/mol. The summed E-state index contributed by atoms with van der Waals surface area (Å²) in [5, 5.41) is 0. The largest absolute Gasteiger partial charge is 0.462 e. The maximum atomic E-state index is 12.8. The number of allylic oxidation sites excluding steroid dienone is 23. The molecule has 0 bridgehead atoms. The normalized spacial score (nSPS) is 13.4. The molecule has 1 atom stereocenters. The summed E-state index contributed by atoms with van der Waals surface area (Å²) in [5.41, 5.74) is 0. The molecule has 0 aliphatic carbocycles. The summed E-state index contributed by atoms with van der Waals surface area (Å²) >= 11 is 0. The second-order valence-electron chi connectivity index (χ2n) is 17.4. The molecule has 0 aromatic heterocycles. The molecule has 0 fully saturated rings. The fourth-order valence-corrected chi connectivity index (χ4v) is 6.88. The van der Waals surface area contributed by atoms with Crippen molar-refractivity contribution in [3.63, 3.8) is 0 Å². The highest BCUT2D eigenvalue weighted by molar-refractivity contribution is 5.71. The Kier molecular flexibility index (Phi) is 53.6. The monoisotopic (exact) mass is 937 g/mol. The summed E-state index contributed by atoms with van der Waals surface area (Å²) in [5.74, 6) is -0.583. The molecule has 0 heterocycles. The van der Waals surface area contributed by atoms with Crippen LogP contribution >= 0.6 is 0 Å². The standard InChI is InChI=1S/C63H100O5/c1-4-7-10-13-16-19-22-25-28-30-32-33-36-38-41-44-47-50-53-56-62(64)67-60-61(68-63(65)57-54-51-48-45-42-39-35-27-24-21-18-15-12-9-6-3)59-66-58-55-52-49-46-43-40-37-34-31-29-26-23-20-17-14-11-8-5-2/h8-9,11-12,16-21,25-29,34-35,37,42-43,45-46,51,54,61H,4-7,10,13-15,22-24,30-33,36,38-41,44,47-50,52-53,55-60H2,1-3H3/b11-8-,12-9-,19-16-,20-17-,21-18-,28-25-,29-26-,35-27-,37-34-,45-42-,46-43-,54-51-. The van der Waals surface area contributed by atoms with Crippen LogP contribution in [0.15, 0.2) is 146 Å². The summed E-state index contributed by atoms with van der Waals surface area (Å²) in [4.78, 5) is 25.4. The Bertz CT molecular complexity index is 1480. The van der Waals surface area contributed by atoms with Crippen molar-refractivity contribution >= 4 is 11.9 Å². The first-order valence-corrected chi connectivity index (χ1v) is 27.4. The summed E-state index contributed by atoms with van der Waals surface area (Å²) in [6.45, 7) is 7.35. The minimum absolute atomic E-state index is 0.0161. The van der Waals surface area contributed by atoms with Crippen molar-refractivity contribution in [1.82, 2.24) is 0 Å². The van der Waals surface area contributed by atoms with Gasteiger partial charge in [0.05, 0.1) is 13.0 Å². The summed E-state index contributed by atoms with van der Waals surface area (Å²) in [7, 11) is 0. The summed E-state index contributed by atoms with van der Waals surface area (Å²) in [6, 6.07) is 0. The van der Waals surface area contributed by atoms with E-state index in [2.05, 4.69) is 154 Å². The quantitative estimate of drug-likeness (QED) is 0.0346. The lowest BCUT2D eigenvalue weighted by Gasteiger charge is -2.18. The molecular formula is C63H100O5. The zero-order valence-electron chi connectivity index (χ0n) is 43.8. The van der Waals surface area contributed by atoms with Crippen LogP contribution in [0.3, 0.4) is 0 Å². The van der Waals surface area contributed by atoms with Crippen LogP contribution in [0.5, 0.6) is 0 Å². The van der Waals surface area contributed by atoms with Crippen LogP contribution in [0.1, 0.15) is 213 Å². The number of ether oxygens (including phenoxy) is 3. The zero-order chi connectivity index (χ0) is 49.2. The van der Waals surface area contributed by atoms with Gasteiger partial charge in [0, 0.05) is 13.0 Å². The number of carbonyl (C=O) groups is 2. The Hall–Kier alpha value is -4.22. The predicted molar refractivity (Wildman–Crippen MR) is 297 cm³/mol. The molecule has 5 nitrogen and oxygen atoms in total. The lowest BCUT2D eigenvalue weighted by atomic mass is 10.1. The van der Waals surface area contributed by atoms with Crippen molar-refractivity contribution in [3.8, 4) is 0 Å². The van der Waals surface area contributed by atoms with E-state index in [0.29, 0.717) is 13.0 Å². The molecule has 0 aromatic rings. The number of unbranched alkanes of at least 4 members (excludes halogenated alkanes) is 14. The van der Waals surface area contributed by atoms with Crippen LogP contribution in [-0.4, -0.2) is 37.9 Å². The topological polar surface area (TPSA) is 61.8 Å². The molecule has 382 valence electrons. The van der Waals surface area contributed by atoms with Crippen molar-refractivity contribution in [2.45, 2.75) is 219 Å². The first-order chi connectivity index (χ1) is 33.6. The fraction of sp³-hybridized carbons (Fsp3) is 0.587. The van der Waals surface area contributed by atoms with Crippen LogP contribution in [0.4, 0.5) is 0 Å². The second-order valence-corrected chi connectivity index (χ2v) is 17.4. The third kappa shape index (κ3) is 54.4. The molecule has 0 aromatic carbocycles. The van der Waals surface area contributed by atoms with E-state index in [-0.39, 0.29) is 31.6 Å². The number of hydrogen-bond donors (Lipinski definition) is 0. The van der Waals surface area contributed by atoms with Gasteiger partial charge in [-0.05, 0) is 122 Å². The first-order valence-electron chi connectivity index (χ1n) is 27.4. The highest BCUT2D eigenvalue weighted by Gasteiger charge is 2.17. The number of esters is 2. The van der Waals surface area contributed by atoms with Gasteiger partial charge < -0.3 is 14.2 Å². The molecular weight excluding hydrogens is 837 g/mol. The van der Waals surface area contributed by atoms with Crippen molar-refractivity contribution in [3.05, 3.63) is 146 Å². The molecule has 5 heteroatoms. The van der Waals surface area contributed by atoms with Gasteiger partial charge in [-0.3, -0.25) is 9.59 Å². The zero-order valence-corrected chi connectivity index (χ0v) is 43.8. The average Bonchev–Trinajstić information content (AvgIpc) is 3.34. The Balaban J connectivity index is 4.48. The van der Waals surface area contributed by atoms with Gasteiger partial charge in [0.15, 0.2) is 6.10 Å². The van der Waals surface area contributed by atoms with Crippen LogP contribution in [-0.2, 0) is 23.8 Å². The smallest absolute Gasteiger partial charge is 0.310 e. The van der Waals surface area contributed by atoms with Gasteiger partial charge in [0.25, 0.3) is 0 Å². The predicted octanol–water partition coefficient (Wildman–Crippen LogP) is 18.9. The van der Waals surface area contributed by atoms with Crippen molar-refractivity contribution in [2.75, 3.05) is 19.8 Å². The molecule has 0 spiro atoms. The first kappa shape index (κ1) is 63.8. The second kappa shape index (κ2) is 57.1. The molecule has 1 unspecified atom stereocenters. The van der Waals surface area contributed by atoms with Gasteiger partial charge in [-0.2, -0.15) is 0 Å². The van der Waals surface area contributed by atoms with Crippen molar-refractivity contribution in [2.24, 2.45) is 0 Å². The highest BCUT2D eigenvalue weighted by Crippen LogP contribution is 2.13. The van der Waals surface area contributed by atoms with E-state index in [4.69, 9.17) is 14.2 Å². The van der Waals surface area contributed by atoms with Crippen molar-refractivity contribution in [1.29, 1.82) is 0 Å². The molecule has 0 rings (SSSR count). The molecule has 0 N–H and O–H groups in total. The van der Waals surface area contributed by atoms with Gasteiger partial charge in [0.1, 0.15) is 6.61 Å². The molecule has 0 aliphatic rings. The van der Waals surface area contributed by atoms with Gasteiger partial charge in [-0.25, -0.2) is 0 Å². The van der Waals surface area contributed by atoms with E-state index in [9.17, 15) is 9.59 Å². The third-order valence-corrected chi connectivity index (χ3v) is 10.9. The van der Waals surface area contributed by atoms with Gasteiger partial charge >= 0.3 is 11.9 Å². The lowest BCUT2D eigenvalue weighted by molar-refractivity contribution is -0.162. The lowest BCUT2D eigenvalue weighted by Crippen LogP contribution is -2.29. The Morgan fingerprint density at radius 2 is 0.706 bits per heavy atom. The Labute approximate surface area is 419 Å². The molecule has 0 saturated carbocycles. The SMILES string of the molecule is CC/C=C\C/C=C\C/C=C\C/C=C\C/C=C\CCCCOCC(COC(=O)CCCCCCCCCCC/C=C\C/C=C\CCCCC)OC(=O)C/C=C\C/C=C\C/C=C\C/C=C\C/C=C\CC. The van der Waals surface area contributed by atoms with E-state index >= 15 is 0 Å². The third-order valence-electron chi connectivity index (χ3n) is 10.9. The van der Waals surface area contributed by atoms with Gasteiger partial charge in [-0.15, -0.1) is 0 Å². The van der Waals surface area contributed by atoms with Crippen molar-refractivity contribution < 1.29 is 23.8 Å². The minimum Gasteiger partial charge on any atom is -0.462 e. The van der Waals surface area contributed by atoms with E-state index in [1.807, 2.05) is 12.2 Å². The number of rotatable bonds is 48. The molecule has 0 saturated heterocycles. The molecule has 0 aliphatic heterocycles. The van der Waals surface area contributed by atoms with Gasteiger partial charge in [0.2, 0.25) is 0 Å². The Morgan fingerprint density at radius 1 is 0.353 bits per heavy atom. The summed E-state index contributed by atoms with van der Waals surface area (Å²) in [6.07, 6.45) is 83.2. The Morgan fingerprint density at radius 3 is 1.13 bits per heavy atom. The molecule has 68 heavy (non-hydrogen) atoms. The fourth-order valence-electron chi connectivity index (χ4n) is 6.88. The van der Waals surface area contributed by atoms with E-state index < -0.39 is 6.10 Å². The van der Waals surface area contributed by atoms with Crippen LogP contribution in [0.2, 0.25) is 0 Å². The van der Waals surface area contributed by atoms with Crippen LogP contribution in [0, 0.1) is 0 Å². The maximum absolute atomic E-state index is 12.8. The van der Waals surface area contributed by atoms with E-state index in [0.717, 1.165) is 109 Å². The van der Waals surface area contributed by atoms with E-state index in [1.54, 1.807) is 0 Å². The molecule has 0 amide bonds. The molecule has 0 radical (unpaired) electrons. The minimum atomic E-state index is -0.626. The maximum Gasteiger partial charge on any atom is 0.310 e. The highest BCUT2D eigenvalue weighted by atomic mass is 16.6. The van der Waals surface area contributed by atoms with Crippen LogP contribution < -0.4 is 0 Å². The number of hydrogen-bond acceptors (Lipinski definition) is 5. The summed E-state index contributed by atoms with van der Waals surface area (Å²) < 4.78 is 17.3. The van der Waals surface area contributed by atoms with E-state index in [1.165, 1.54) is 70.6 Å².